The van der Waals surface area contributed by atoms with Crippen molar-refractivity contribution in [2.75, 3.05) is 0 Å². The molecule has 3 fully saturated rings. The number of carbonyl (C=O) groups is 1. The maximum absolute atomic E-state index is 13.4. The van der Waals surface area contributed by atoms with E-state index in [0.29, 0.717) is 17.8 Å². The van der Waals surface area contributed by atoms with Gasteiger partial charge in [-0.25, -0.2) is 0 Å². The highest BCUT2D eigenvalue weighted by molar-refractivity contribution is 8.18. The third-order valence-corrected chi connectivity index (χ3v) is 7.45. The molecule has 5 heteroatoms. The summed E-state index contributed by atoms with van der Waals surface area (Å²) in [5, 5.41) is 11.0. The molecule has 1 N–H and O–H groups in total. The highest BCUT2D eigenvalue weighted by Crippen LogP contribution is 2.39. The van der Waals surface area contributed by atoms with Gasteiger partial charge < -0.3 is 5.11 Å². The zero-order valence-electron chi connectivity index (χ0n) is 17.6. The highest BCUT2D eigenvalue weighted by Gasteiger charge is 2.39. The highest BCUT2D eigenvalue weighted by atomic mass is 32.2. The van der Waals surface area contributed by atoms with Gasteiger partial charge in [0.2, 0.25) is 0 Å². The topological polar surface area (TPSA) is 52.9 Å². The molecule has 156 valence electrons. The average Bonchev–Trinajstić information content (AvgIpc) is 3.02. The lowest BCUT2D eigenvalue weighted by Crippen LogP contribution is -2.41. The fraction of sp³-hybridized carbons (Fsp3) is 0.583. The van der Waals surface area contributed by atoms with Crippen LogP contribution in [0.5, 0.6) is 5.75 Å². The van der Waals surface area contributed by atoms with Crippen LogP contribution >= 0.6 is 11.8 Å². The van der Waals surface area contributed by atoms with Crippen molar-refractivity contribution in [3.63, 3.8) is 0 Å². The minimum absolute atomic E-state index is 0.111. The van der Waals surface area contributed by atoms with Crippen LogP contribution in [0.25, 0.3) is 6.08 Å². The van der Waals surface area contributed by atoms with Crippen LogP contribution < -0.4 is 0 Å². The van der Waals surface area contributed by atoms with Gasteiger partial charge in [0.25, 0.3) is 5.91 Å². The van der Waals surface area contributed by atoms with Crippen LogP contribution in [0, 0.1) is 13.8 Å². The van der Waals surface area contributed by atoms with Gasteiger partial charge in [0.1, 0.15) is 5.75 Å². The van der Waals surface area contributed by atoms with Crippen LogP contribution in [-0.2, 0) is 4.79 Å². The summed E-state index contributed by atoms with van der Waals surface area (Å²) in [6, 6.07) is 4.55. The Bertz CT molecular complexity index is 810. The molecule has 3 aliphatic rings. The lowest BCUT2D eigenvalue weighted by molar-refractivity contribution is -0.124. The van der Waals surface area contributed by atoms with Crippen LogP contribution in [-0.4, -0.2) is 33.2 Å². The number of aromatic hydroxyl groups is 1. The summed E-state index contributed by atoms with van der Waals surface area (Å²) in [6.45, 7) is 3.80. The summed E-state index contributed by atoms with van der Waals surface area (Å²) < 4.78 is 0. The fourth-order valence-electron chi connectivity index (χ4n) is 4.83. The molecule has 0 spiro atoms. The zero-order valence-corrected chi connectivity index (χ0v) is 18.4. The molecule has 0 unspecified atom stereocenters. The van der Waals surface area contributed by atoms with Crippen molar-refractivity contribution in [2.45, 2.75) is 90.1 Å². The van der Waals surface area contributed by atoms with Gasteiger partial charge in [-0.1, -0.05) is 38.5 Å². The number of hydrogen-bond acceptors (Lipinski definition) is 4. The molecule has 29 heavy (non-hydrogen) atoms. The van der Waals surface area contributed by atoms with E-state index in [2.05, 4.69) is 0 Å². The standard InChI is InChI=1S/C24H32N2O2S/c1-16-13-18(14-17(2)22(16)27)15-21-23(28)26(20-11-7-4-8-12-20)24(29-21)25-19-9-5-3-6-10-19/h13-15,19-20,27H,3-12H2,1-2H3. The van der Waals surface area contributed by atoms with Crippen LogP contribution in [0.2, 0.25) is 0 Å². The second kappa shape index (κ2) is 8.95. The number of hydrogen-bond donors (Lipinski definition) is 1. The van der Waals surface area contributed by atoms with Gasteiger partial charge >= 0.3 is 0 Å². The van der Waals surface area contributed by atoms with E-state index in [-0.39, 0.29) is 5.91 Å². The first-order chi connectivity index (χ1) is 14.0. The molecule has 1 aliphatic heterocycles. The SMILES string of the molecule is Cc1cc(C=C2SC(=NC3CCCCC3)N(C3CCCCC3)C2=O)cc(C)c1O. The number of amidine groups is 1. The molecule has 2 saturated carbocycles. The van der Waals surface area contributed by atoms with Crippen molar-refractivity contribution in [3.8, 4) is 5.75 Å². The van der Waals surface area contributed by atoms with Gasteiger partial charge in [0.05, 0.1) is 10.9 Å². The molecule has 0 atom stereocenters. The van der Waals surface area contributed by atoms with E-state index in [1.165, 1.54) is 38.5 Å². The summed E-state index contributed by atoms with van der Waals surface area (Å²) in [4.78, 5) is 21.3. The van der Waals surface area contributed by atoms with Crippen molar-refractivity contribution < 1.29 is 9.90 Å². The van der Waals surface area contributed by atoms with Gasteiger partial charge in [0.15, 0.2) is 5.17 Å². The lowest BCUT2D eigenvalue weighted by Gasteiger charge is -2.31. The third-order valence-electron chi connectivity index (χ3n) is 6.46. The van der Waals surface area contributed by atoms with Crippen LogP contribution in [0.1, 0.15) is 80.9 Å². The number of nitrogens with zero attached hydrogens (tertiary/aromatic N) is 2. The lowest BCUT2D eigenvalue weighted by atomic mass is 9.94. The van der Waals surface area contributed by atoms with Gasteiger partial charge in [-0.2, -0.15) is 0 Å². The first-order valence-corrected chi connectivity index (χ1v) is 12.0. The monoisotopic (exact) mass is 412 g/mol. The molecular formula is C24H32N2O2S. The van der Waals surface area contributed by atoms with Gasteiger partial charge in [-0.15, -0.1) is 0 Å². The van der Waals surface area contributed by atoms with Crippen LogP contribution in [0.4, 0.5) is 0 Å². The van der Waals surface area contributed by atoms with E-state index in [0.717, 1.165) is 52.4 Å². The Kier molecular flexibility index (Phi) is 6.33. The van der Waals surface area contributed by atoms with Crippen LogP contribution in [0.3, 0.4) is 0 Å². The predicted molar refractivity (Wildman–Crippen MR) is 121 cm³/mol. The molecular weight excluding hydrogens is 380 g/mol. The first-order valence-electron chi connectivity index (χ1n) is 11.1. The van der Waals surface area contributed by atoms with Crippen molar-refractivity contribution >= 4 is 28.9 Å². The van der Waals surface area contributed by atoms with E-state index in [1.807, 2.05) is 37.0 Å². The largest absolute Gasteiger partial charge is 0.507 e. The molecule has 1 heterocycles. The molecule has 1 amide bonds. The van der Waals surface area contributed by atoms with Crippen molar-refractivity contribution in [2.24, 2.45) is 4.99 Å². The van der Waals surface area contributed by atoms with Gasteiger partial charge in [-0.3, -0.25) is 14.7 Å². The number of aliphatic imine (C=N–C) groups is 1. The summed E-state index contributed by atoms with van der Waals surface area (Å²) in [5.41, 5.74) is 2.65. The fourth-order valence-corrected chi connectivity index (χ4v) is 5.94. The molecule has 4 rings (SSSR count). The molecule has 0 bridgehead atoms. The Balaban J connectivity index is 1.65. The number of phenolic OH excluding ortho intramolecular Hbond substituents is 1. The van der Waals surface area contributed by atoms with Crippen LogP contribution in [0.15, 0.2) is 22.0 Å². The molecule has 1 aromatic rings. The van der Waals surface area contributed by atoms with Gasteiger partial charge in [0, 0.05) is 6.04 Å². The normalized spacial score (nSPS) is 24.8. The maximum Gasteiger partial charge on any atom is 0.266 e. The summed E-state index contributed by atoms with van der Waals surface area (Å²) in [7, 11) is 0. The van der Waals surface area contributed by atoms with Gasteiger partial charge in [-0.05, 0) is 86.2 Å². The first kappa shape index (κ1) is 20.5. The average molecular weight is 413 g/mol. The Hall–Kier alpha value is -1.75. The molecule has 0 radical (unpaired) electrons. The van der Waals surface area contributed by atoms with Crippen molar-refractivity contribution in [1.82, 2.24) is 4.90 Å². The maximum atomic E-state index is 13.4. The second-order valence-electron chi connectivity index (χ2n) is 8.78. The number of amides is 1. The number of benzene rings is 1. The van der Waals surface area contributed by atoms with E-state index in [9.17, 15) is 9.90 Å². The van der Waals surface area contributed by atoms with E-state index in [4.69, 9.17) is 4.99 Å². The molecule has 0 aromatic heterocycles. The number of carbonyl (C=O) groups excluding carboxylic acids is 1. The summed E-state index contributed by atoms with van der Waals surface area (Å²) in [5.74, 6) is 0.445. The summed E-state index contributed by atoms with van der Waals surface area (Å²) in [6.07, 6.45) is 13.9. The zero-order chi connectivity index (χ0) is 20.4. The number of rotatable bonds is 3. The number of phenols is 1. The third kappa shape index (κ3) is 4.55. The Morgan fingerprint density at radius 2 is 1.59 bits per heavy atom. The second-order valence-corrected chi connectivity index (χ2v) is 9.79. The Labute approximate surface area is 178 Å². The quantitative estimate of drug-likeness (QED) is 0.625. The Morgan fingerprint density at radius 3 is 2.21 bits per heavy atom. The van der Waals surface area contributed by atoms with E-state index in [1.54, 1.807) is 11.8 Å². The smallest absolute Gasteiger partial charge is 0.266 e. The van der Waals surface area contributed by atoms with E-state index < -0.39 is 0 Å². The number of aryl methyl sites for hydroxylation is 2. The molecule has 4 nitrogen and oxygen atoms in total. The molecule has 1 aromatic carbocycles. The predicted octanol–water partition coefficient (Wildman–Crippen LogP) is 5.95. The van der Waals surface area contributed by atoms with Crippen molar-refractivity contribution in [3.05, 3.63) is 33.7 Å². The van der Waals surface area contributed by atoms with Crippen molar-refractivity contribution in [1.29, 1.82) is 0 Å². The number of thioether (sulfide) groups is 1. The molecule has 1 saturated heterocycles. The minimum atomic E-state index is 0.111. The Morgan fingerprint density at radius 1 is 1.00 bits per heavy atom. The molecule has 2 aliphatic carbocycles. The summed E-state index contributed by atoms with van der Waals surface area (Å²) >= 11 is 1.55. The minimum Gasteiger partial charge on any atom is -0.507 e. The van der Waals surface area contributed by atoms with E-state index >= 15 is 0 Å².